The highest BCUT2D eigenvalue weighted by Crippen LogP contribution is 2.27. The summed E-state index contributed by atoms with van der Waals surface area (Å²) >= 11 is 1.34. The van der Waals surface area contributed by atoms with Crippen LogP contribution >= 0.6 is 11.3 Å². The van der Waals surface area contributed by atoms with Crippen molar-refractivity contribution in [2.24, 2.45) is 0 Å². The molecule has 0 unspecified atom stereocenters. The van der Waals surface area contributed by atoms with Gasteiger partial charge in [0.1, 0.15) is 10.8 Å². The molecule has 1 aliphatic rings. The van der Waals surface area contributed by atoms with Crippen molar-refractivity contribution in [2.45, 2.75) is 25.8 Å². The van der Waals surface area contributed by atoms with Crippen molar-refractivity contribution in [1.29, 1.82) is 0 Å². The van der Waals surface area contributed by atoms with Crippen LogP contribution in [0.2, 0.25) is 0 Å². The zero-order chi connectivity index (χ0) is 16.4. The Morgan fingerprint density at radius 2 is 2.00 bits per heavy atom. The summed E-state index contributed by atoms with van der Waals surface area (Å²) < 4.78 is 5.24. The van der Waals surface area contributed by atoms with Crippen molar-refractivity contribution in [3.63, 3.8) is 0 Å². The molecule has 2 aromatic rings. The standard InChI is InChI=1S/C17H18N2O3S/c1-10-3-4-11(9-14(10)22-2)15(20)19-17-13(7-8-23-17)16(21)18-12-5-6-12/h3-4,7-9,12H,5-6H2,1-2H3,(H,18,21)(H,19,20). The van der Waals surface area contributed by atoms with Crippen LogP contribution < -0.4 is 15.4 Å². The fourth-order valence-corrected chi connectivity index (χ4v) is 2.99. The maximum atomic E-state index is 12.4. The van der Waals surface area contributed by atoms with Crippen LogP contribution in [0, 0.1) is 6.92 Å². The van der Waals surface area contributed by atoms with Crippen molar-refractivity contribution >= 4 is 28.2 Å². The van der Waals surface area contributed by atoms with Gasteiger partial charge in [-0.1, -0.05) is 6.07 Å². The lowest BCUT2D eigenvalue weighted by atomic mass is 10.1. The number of methoxy groups -OCH3 is 1. The maximum Gasteiger partial charge on any atom is 0.256 e. The molecule has 2 amide bonds. The van der Waals surface area contributed by atoms with Gasteiger partial charge < -0.3 is 15.4 Å². The molecule has 1 aromatic carbocycles. The largest absolute Gasteiger partial charge is 0.496 e. The summed E-state index contributed by atoms with van der Waals surface area (Å²) in [6.45, 7) is 1.92. The average Bonchev–Trinajstić information content (AvgIpc) is 3.23. The van der Waals surface area contributed by atoms with Crippen molar-refractivity contribution in [1.82, 2.24) is 5.32 Å². The SMILES string of the molecule is COc1cc(C(=O)Nc2sccc2C(=O)NC2CC2)ccc1C. The number of thiophene rings is 1. The van der Waals surface area contributed by atoms with E-state index in [1.54, 1.807) is 30.7 Å². The smallest absolute Gasteiger partial charge is 0.256 e. The van der Waals surface area contributed by atoms with Crippen LogP contribution in [0.1, 0.15) is 39.1 Å². The van der Waals surface area contributed by atoms with E-state index in [4.69, 9.17) is 4.74 Å². The summed E-state index contributed by atoms with van der Waals surface area (Å²) in [4.78, 5) is 24.6. The second-order valence-corrected chi connectivity index (χ2v) is 6.47. The number of rotatable bonds is 5. The Morgan fingerprint density at radius 1 is 1.22 bits per heavy atom. The van der Waals surface area contributed by atoms with Crippen LogP contribution in [0.3, 0.4) is 0 Å². The van der Waals surface area contributed by atoms with Gasteiger partial charge in [-0.3, -0.25) is 9.59 Å². The molecule has 1 heterocycles. The predicted molar refractivity (Wildman–Crippen MR) is 90.5 cm³/mol. The van der Waals surface area contributed by atoms with E-state index in [2.05, 4.69) is 10.6 Å². The number of nitrogens with one attached hydrogen (secondary N) is 2. The van der Waals surface area contributed by atoms with Gasteiger partial charge in [-0.15, -0.1) is 11.3 Å². The number of carbonyl (C=O) groups excluding carboxylic acids is 2. The van der Waals surface area contributed by atoms with Gasteiger partial charge >= 0.3 is 0 Å². The Bertz CT molecular complexity index is 750. The van der Waals surface area contributed by atoms with E-state index in [1.807, 2.05) is 13.0 Å². The van der Waals surface area contributed by atoms with E-state index < -0.39 is 0 Å². The lowest BCUT2D eigenvalue weighted by Crippen LogP contribution is -2.26. The number of ether oxygens (including phenoxy) is 1. The highest BCUT2D eigenvalue weighted by Gasteiger charge is 2.25. The molecule has 0 aliphatic heterocycles. The lowest BCUT2D eigenvalue weighted by molar-refractivity contribution is 0.0952. The topological polar surface area (TPSA) is 67.4 Å². The molecule has 0 radical (unpaired) electrons. The molecule has 0 saturated heterocycles. The number of hydrogen-bond acceptors (Lipinski definition) is 4. The fourth-order valence-electron chi connectivity index (χ4n) is 2.21. The van der Waals surface area contributed by atoms with Crippen molar-refractivity contribution in [3.05, 3.63) is 46.3 Å². The molecule has 3 rings (SSSR count). The molecule has 6 heteroatoms. The van der Waals surface area contributed by atoms with Gasteiger partial charge in [0, 0.05) is 11.6 Å². The van der Waals surface area contributed by atoms with Gasteiger partial charge in [-0.05, 0) is 48.9 Å². The minimum atomic E-state index is -0.258. The molecule has 1 saturated carbocycles. The van der Waals surface area contributed by atoms with Crippen LogP contribution in [-0.2, 0) is 0 Å². The van der Waals surface area contributed by atoms with Gasteiger partial charge in [-0.25, -0.2) is 0 Å². The Hall–Kier alpha value is -2.34. The normalized spacial score (nSPS) is 13.5. The van der Waals surface area contributed by atoms with Gasteiger partial charge in [0.15, 0.2) is 0 Å². The summed E-state index contributed by atoms with van der Waals surface area (Å²) in [6, 6.07) is 7.29. The van der Waals surface area contributed by atoms with Gasteiger partial charge in [-0.2, -0.15) is 0 Å². The van der Waals surface area contributed by atoms with E-state index in [-0.39, 0.29) is 17.9 Å². The molecule has 1 fully saturated rings. The van der Waals surface area contributed by atoms with Crippen LogP contribution in [0.5, 0.6) is 5.75 Å². The van der Waals surface area contributed by atoms with E-state index in [0.29, 0.717) is 21.9 Å². The Morgan fingerprint density at radius 3 is 2.70 bits per heavy atom. The minimum Gasteiger partial charge on any atom is -0.496 e. The third-order valence-electron chi connectivity index (χ3n) is 3.72. The van der Waals surface area contributed by atoms with Crippen LogP contribution in [0.25, 0.3) is 0 Å². The number of aryl methyl sites for hydroxylation is 1. The molecule has 1 aliphatic carbocycles. The molecule has 0 spiro atoms. The van der Waals surface area contributed by atoms with E-state index >= 15 is 0 Å². The van der Waals surface area contributed by atoms with Crippen molar-refractivity contribution < 1.29 is 14.3 Å². The van der Waals surface area contributed by atoms with Gasteiger partial charge in [0.05, 0.1) is 12.7 Å². The van der Waals surface area contributed by atoms with Crippen LogP contribution in [0.4, 0.5) is 5.00 Å². The minimum absolute atomic E-state index is 0.134. The molecule has 2 N–H and O–H groups in total. The first-order valence-corrected chi connectivity index (χ1v) is 8.31. The van der Waals surface area contributed by atoms with Crippen molar-refractivity contribution in [2.75, 3.05) is 12.4 Å². The first kappa shape index (κ1) is 15.6. The van der Waals surface area contributed by atoms with Crippen LogP contribution in [0.15, 0.2) is 29.6 Å². The summed E-state index contributed by atoms with van der Waals surface area (Å²) in [7, 11) is 1.57. The van der Waals surface area contributed by atoms with E-state index in [9.17, 15) is 9.59 Å². The fraction of sp³-hybridized carbons (Fsp3) is 0.294. The third-order valence-corrected chi connectivity index (χ3v) is 4.55. The molecular weight excluding hydrogens is 312 g/mol. The molecule has 1 aromatic heterocycles. The number of anilines is 1. The van der Waals surface area contributed by atoms with E-state index in [1.165, 1.54) is 11.3 Å². The second-order valence-electron chi connectivity index (χ2n) is 5.55. The number of hydrogen-bond donors (Lipinski definition) is 2. The summed E-state index contributed by atoms with van der Waals surface area (Å²) in [6.07, 6.45) is 2.06. The zero-order valence-corrected chi connectivity index (χ0v) is 13.8. The molecule has 0 atom stereocenters. The van der Waals surface area contributed by atoms with E-state index in [0.717, 1.165) is 18.4 Å². The monoisotopic (exact) mass is 330 g/mol. The Balaban J connectivity index is 1.75. The van der Waals surface area contributed by atoms with Crippen LogP contribution in [-0.4, -0.2) is 25.0 Å². The highest BCUT2D eigenvalue weighted by atomic mass is 32.1. The quantitative estimate of drug-likeness (QED) is 0.884. The number of carbonyl (C=O) groups is 2. The van der Waals surface area contributed by atoms with Gasteiger partial charge in [0.2, 0.25) is 0 Å². The molecule has 5 nitrogen and oxygen atoms in total. The molecule has 23 heavy (non-hydrogen) atoms. The maximum absolute atomic E-state index is 12.4. The first-order chi connectivity index (χ1) is 11.1. The predicted octanol–water partition coefficient (Wildman–Crippen LogP) is 3.21. The van der Waals surface area contributed by atoms with Crippen molar-refractivity contribution in [3.8, 4) is 5.75 Å². The average molecular weight is 330 g/mol. The summed E-state index contributed by atoms with van der Waals surface area (Å²) in [5.74, 6) is 0.271. The summed E-state index contributed by atoms with van der Waals surface area (Å²) in [5.41, 5.74) is 1.97. The second kappa shape index (κ2) is 6.42. The highest BCUT2D eigenvalue weighted by molar-refractivity contribution is 7.14. The summed E-state index contributed by atoms with van der Waals surface area (Å²) in [5, 5.41) is 8.11. The first-order valence-electron chi connectivity index (χ1n) is 7.43. The van der Waals surface area contributed by atoms with Gasteiger partial charge in [0.25, 0.3) is 11.8 Å². The third kappa shape index (κ3) is 3.53. The molecule has 0 bridgehead atoms. The number of amides is 2. The zero-order valence-electron chi connectivity index (χ0n) is 13.0. The number of benzene rings is 1. The molecule has 120 valence electrons. The Kier molecular flexibility index (Phi) is 4.34. The lowest BCUT2D eigenvalue weighted by Gasteiger charge is -2.09. The Labute approximate surface area is 138 Å². The molecular formula is C17H18N2O3S.